The average molecular weight is 429 g/mol. The Kier molecular flexibility index (Phi) is 5.09. The van der Waals surface area contributed by atoms with Gasteiger partial charge in [-0.25, -0.2) is 9.78 Å². The Balaban J connectivity index is 1.33. The normalized spacial score (nSPS) is 29.1. The standard InChI is InChI=1S/C23H28N2O4S/c1-28-18-4-3-14(20(22(26)27)21(18)29-2)10-24-23-25-17(11-30-23)19-15-6-12-5-13(8-15)9-16(19)7-12/h3-4,11-13,15-16,19H,5-10H2,1-2H3,(H,24,25)(H,26,27). The van der Waals surface area contributed by atoms with Crippen molar-refractivity contribution in [2.45, 2.75) is 44.6 Å². The third kappa shape index (κ3) is 3.33. The second-order valence-corrected chi connectivity index (χ2v) is 9.89. The van der Waals surface area contributed by atoms with Gasteiger partial charge in [0.1, 0.15) is 5.56 Å². The van der Waals surface area contributed by atoms with Crippen molar-refractivity contribution in [3.8, 4) is 11.5 Å². The van der Waals surface area contributed by atoms with E-state index in [4.69, 9.17) is 14.5 Å². The molecule has 4 fully saturated rings. The van der Waals surface area contributed by atoms with Gasteiger partial charge in [-0.3, -0.25) is 0 Å². The highest BCUT2D eigenvalue weighted by atomic mass is 32.1. The van der Waals surface area contributed by atoms with Crippen LogP contribution in [-0.4, -0.2) is 30.3 Å². The SMILES string of the molecule is COc1ccc(CNc2nc(C3C4CC5CC(C4)CC3C5)cs2)c(C(=O)O)c1OC. The zero-order valence-electron chi connectivity index (χ0n) is 17.4. The van der Waals surface area contributed by atoms with Crippen LogP contribution >= 0.6 is 11.3 Å². The lowest BCUT2D eigenvalue weighted by atomic mass is 9.51. The number of nitrogens with zero attached hydrogens (tertiary/aromatic N) is 1. The first kappa shape index (κ1) is 19.7. The van der Waals surface area contributed by atoms with Gasteiger partial charge in [0.2, 0.25) is 0 Å². The fourth-order valence-corrected chi connectivity index (χ4v) is 7.20. The molecule has 4 saturated carbocycles. The van der Waals surface area contributed by atoms with E-state index in [1.807, 2.05) is 0 Å². The van der Waals surface area contributed by atoms with Crippen LogP contribution in [0.4, 0.5) is 5.13 Å². The molecule has 7 heteroatoms. The zero-order chi connectivity index (χ0) is 20.8. The zero-order valence-corrected chi connectivity index (χ0v) is 18.2. The van der Waals surface area contributed by atoms with Gasteiger partial charge in [-0.15, -0.1) is 11.3 Å². The molecule has 6 nitrogen and oxygen atoms in total. The maximum Gasteiger partial charge on any atom is 0.339 e. The lowest BCUT2D eigenvalue weighted by Crippen LogP contribution is -2.43. The van der Waals surface area contributed by atoms with Gasteiger partial charge < -0.3 is 19.9 Å². The maximum absolute atomic E-state index is 11.9. The van der Waals surface area contributed by atoms with Crippen LogP contribution in [0.15, 0.2) is 17.5 Å². The Morgan fingerprint density at radius 1 is 1.13 bits per heavy atom. The molecule has 0 unspecified atom stereocenters. The molecule has 0 radical (unpaired) electrons. The van der Waals surface area contributed by atoms with Gasteiger partial charge in [-0.05, 0) is 67.4 Å². The fraction of sp³-hybridized carbons (Fsp3) is 0.565. The summed E-state index contributed by atoms with van der Waals surface area (Å²) in [6, 6.07) is 3.51. The lowest BCUT2D eigenvalue weighted by Gasteiger charge is -2.54. The quantitative estimate of drug-likeness (QED) is 0.645. The van der Waals surface area contributed by atoms with E-state index in [1.165, 1.54) is 52.0 Å². The summed E-state index contributed by atoms with van der Waals surface area (Å²) in [7, 11) is 2.96. The van der Waals surface area contributed by atoms with Crippen molar-refractivity contribution >= 4 is 22.4 Å². The predicted octanol–water partition coefficient (Wildman–Crippen LogP) is 5.01. The molecule has 0 aliphatic heterocycles. The highest BCUT2D eigenvalue weighted by Gasteiger charge is 2.49. The second-order valence-electron chi connectivity index (χ2n) is 9.03. The Bertz CT molecular complexity index is 929. The van der Waals surface area contributed by atoms with Gasteiger partial charge in [-0.2, -0.15) is 0 Å². The Morgan fingerprint density at radius 3 is 2.43 bits per heavy atom. The molecule has 4 aliphatic rings. The van der Waals surface area contributed by atoms with Crippen molar-refractivity contribution in [1.29, 1.82) is 0 Å². The first-order chi connectivity index (χ1) is 14.6. The molecule has 2 aromatic rings. The van der Waals surface area contributed by atoms with Crippen LogP contribution in [0.1, 0.15) is 59.6 Å². The molecule has 0 amide bonds. The minimum atomic E-state index is -1.03. The fourth-order valence-electron chi connectivity index (χ4n) is 6.45. The van der Waals surface area contributed by atoms with Crippen LogP contribution in [0.2, 0.25) is 0 Å². The summed E-state index contributed by atoms with van der Waals surface area (Å²) in [4.78, 5) is 16.8. The van der Waals surface area contributed by atoms with E-state index >= 15 is 0 Å². The largest absolute Gasteiger partial charge is 0.493 e. The lowest BCUT2D eigenvalue weighted by molar-refractivity contribution is -0.00393. The number of carboxylic acid groups (broad SMARTS) is 1. The van der Waals surface area contributed by atoms with Crippen LogP contribution in [0, 0.1) is 23.7 Å². The van der Waals surface area contributed by atoms with Crippen LogP contribution in [0.25, 0.3) is 0 Å². The van der Waals surface area contributed by atoms with Crippen LogP contribution < -0.4 is 14.8 Å². The summed E-state index contributed by atoms with van der Waals surface area (Å²) in [5.74, 6) is 3.77. The first-order valence-electron chi connectivity index (χ1n) is 10.7. The second kappa shape index (κ2) is 7.76. The first-order valence-corrected chi connectivity index (χ1v) is 11.6. The molecule has 30 heavy (non-hydrogen) atoms. The number of ether oxygens (including phenoxy) is 2. The average Bonchev–Trinajstić information content (AvgIpc) is 3.19. The Hall–Kier alpha value is -2.28. The number of methoxy groups -OCH3 is 2. The van der Waals surface area contributed by atoms with Gasteiger partial charge >= 0.3 is 5.97 Å². The topological polar surface area (TPSA) is 80.7 Å². The molecule has 4 bridgehead atoms. The number of thiazole rings is 1. The molecule has 160 valence electrons. The molecule has 2 N–H and O–H groups in total. The van der Waals surface area contributed by atoms with Gasteiger partial charge in [0.05, 0.1) is 19.9 Å². The molecule has 0 spiro atoms. The van der Waals surface area contributed by atoms with Crippen molar-refractivity contribution in [2.75, 3.05) is 19.5 Å². The Labute approximate surface area is 180 Å². The number of anilines is 1. The summed E-state index contributed by atoms with van der Waals surface area (Å²) in [6.07, 6.45) is 6.98. The van der Waals surface area contributed by atoms with Crippen LogP contribution in [0.5, 0.6) is 11.5 Å². The van der Waals surface area contributed by atoms with Crippen molar-refractivity contribution in [1.82, 2.24) is 4.98 Å². The molecule has 1 aromatic carbocycles. The molecular weight excluding hydrogens is 400 g/mol. The van der Waals surface area contributed by atoms with E-state index in [0.717, 1.165) is 28.8 Å². The van der Waals surface area contributed by atoms with Crippen LogP contribution in [-0.2, 0) is 6.54 Å². The highest BCUT2D eigenvalue weighted by Crippen LogP contribution is 2.59. The maximum atomic E-state index is 11.9. The third-order valence-corrected chi connectivity index (χ3v) is 8.18. The monoisotopic (exact) mass is 428 g/mol. The molecule has 1 heterocycles. The Morgan fingerprint density at radius 2 is 1.83 bits per heavy atom. The van der Waals surface area contributed by atoms with Crippen molar-refractivity contribution in [3.63, 3.8) is 0 Å². The van der Waals surface area contributed by atoms with Gasteiger partial charge in [-0.1, -0.05) is 6.07 Å². The van der Waals surface area contributed by atoms with Crippen molar-refractivity contribution in [2.24, 2.45) is 23.7 Å². The van der Waals surface area contributed by atoms with Crippen molar-refractivity contribution < 1.29 is 19.4 Å². The molecule has 6 rings (SSSR count). The smallest absolute Gasteiger partial charge is 0.339 e. The number of benzene rings is 1. The van der Waals surface area contributed by atoms with Crippen molar-refractivity contribution in [3.05, 3.63) is 34.3 Å². The summed E-state index contributed by atoms with van der Waals surface area (Å²) in [6.45, 7) is 0.372. The number of carboxylic acids is 1. The number of nitrogens with one attached hydrogen (secondary N) is 1. The molecule has 4 aliphatic carbocycles. The molecule has 0 saturated heterocycles. The molecule has 1 aromatic heterocycles. The van der Waals surface area contributed by atoms with Crippen LogP contribution in [0.3, 0.4) is 0 Å². The number of hydrogen-bond acceptors (Lipinski definition) is 6. The van der Waals surface area contributed by atoms with E-state index in [-0.39, 0.29) is 11.3 Å². The van der Waals surface area contributed by atoms with E-state index in [1.54, 1.807) is 23.5 Å². The highest BCUT2D eigenvalue weighted by molar-refractivity contribution is 7.13. The number of rotatable bonds is 7. The minimum absolute atomic E-state index is 0.127. The third-order valence-electron chi connectivity index (χ3n) is 7.37. The van der Waals surface area contributed by atoms with E-state index in [0.29, 0.717) is 23.8 Å². The van der Waals surface area contributed by atoms with E-state index < -0.39 is 5.97 Å². The predicted molar refractivity (Wildman–Crippen MR) is 116 cm³/mol. The number of hydrogen-bond donors (Lipinski definition) is 2. The number of carbonyl (C=O) groups is 1. The van der Waals surface area contributed by atoms with Gasteiger partial charge in [0, 0.05) is 17.8 Å². The number of aromatic carboxylic acids is 1. The van der Waals surface area contributed by atoms with E-state index in [2.05, 4.69) is 10.7 Å². The summed E-state index contributed by atoms with van der Waals surface area (Å²) < 4.78 is 10.6. The van der Waals surface area contributed by atoms with E-state index in [9.17, 15) is 9.90 Å². The molecule has 0 atom stereocenters. The van der Waals surface area contributed by atoms with Gasteiger partial charge in [0.25, 0.3) is 0 Å². The molecular formula is C23H28N2O4S. The van der Waals surface area contributed by atoms with Gasteiger partial charge in [0.15, 0.2) is 16.6 Å². The summed E-state index contributed by atoms with van der Waals surface area (Å²) in [5.41, 5.74) is 2.01. The summed E-state index contributed by atoms with van der Waals surface area (Å²) in [5, 5.41) is 16.1. The number of aromatic nitrogens is 1. The summed E-state index contributed by atoms with van der Waals surface area (Å²) >= 11 is 1.62. The minimum Gasteiger partial charge on any atom is -0.493 e.